The fourth-order valence-corrected chi connectivity index (χ4v) is 7.04. The van der Waals surface area contributed by atoms with E-state index in [1.54, 1.807) is 0 Å². The Kier molecular flexibility index (Phi) is 5.76. The second-order valence-electron chi connectivity index (χ2n) is 11.9. The number of allylic oxidation sites excluding steroid dienone is 5. The third-order valence-electron chi connectivity index (χ3n) is 9.22. The molecule has 0 amide bonds. The van der Waals surface area contributed by atoms with Crippen molar-refractivity contribution < 1.29 is 0 Å². The van der Waals surface area contributed by atoms with E-state index in [0.717, 1.165) is 12.0 Å². The van der Waals surface area contributed by atoms with Crippen molar-refractivity contribution in [3.05, 3.63) is 175 Å². The molecule has 0 radical (unpaired) electrons. The summed E-state index contributed by atoms with van der Waals surface area (Å²) in [6.07, 6.45) is 7.50. The van der Waals surface area contributed by atoms with Gasteiger partial charge in [0.2, 0.25) is 0 Å². The second kappa shape index (κ2) is 10.1. The fourth-order valence-electron chi connectivity index (χ4n) is 7.04. The summed E-state index contributed by atoms with van der Waals surface area (Å²) in [5.74, 6) is 0. The molecule has 0 saturated heterocycles. The van der Waals surface area contributed by atoms with Crippen molar-refractivity contribution in [2.75, 3.05) is 0 Å². The van der Waals surface area contributed by atoms with Crippen molar-refractivity contribution >= 4 is 49.2 Å². The van der Waals surface area contributed by atoms with E-state index in [9.17, 15) is 0 Å². The van der Waals surface area contributed by atoms with Gasteiger partial charge in [-0.3, -0.25) is 0 Å². The first-order chi connectivity index (χ1) is 22.2. The van der Waals surface area contributed by atoms with Crippen LogP contribution in [0.5, 0.6) is 0 Å². The van der Waals surface area contributed by atoms with Crippen LogP contribution in [-0.2, 0) is 0 Å². The highest BCUT2D eigenvalue weighted by atomic mass is 15.0. The van der Waals surface area contributed by atoms with Crippen LogP contribution in [0.3, 0.4) is 0 Å². The monoisotopic (exact) mass is 574 g/mol. The highest BCUT2D eigenvalue weighted by molar-refractivity contribution is 6.13. The summed E-state index contributed by atoms with van der Waals surface area (Å²) < 4.78 is 4.76. The lowest BCUT2D eigenvalue weighted by Gasteiger charge is -2.10. The van der Waals surface area contributed by atoms with E-state index in [4.69, 9.17) is 0 Å². The van der Waals surface area contributed by atoms with E-state index in [0.29, 0.717) is 0 Å². The van der Waals surface area contributed by atoms with Gasteiger partial charge in [-0.2, -0.15) is 0 Å². The largest absolute Gasteiger partial charge is 0.309 e. The van der Waals surface area contributed by atoms with Crippen LogP contribution in [-0.4, -0.2) is 9.13 Å². The van der Waals surface area contributed by atoms with Gasteiger partial charge in [0.15, 0.2) is 0 Å². The van der Waals surface area contributed by atoms with Crippen molar-refractivity contribution in [1.29, 1.82) is 0 Å². The summed E-state index contributed by atoms with van der Waals surface area (Å²) in [4.78, 5) is 0. The number of benzene rings is 6. The van der Waals surface area contributed by atoms with E-state index in [-0.39, 0.29) is 0 Å². The summed E-state index contributed by atoms with van der Waals surface area (Å²) in [5, 5.41) is 5.04. The summed E-state index contributed by atoms with van der Waals surface area (Å²) in [5.41, 5.74) is 13.3. The summed E-state index contributed by atoms with van der Waals surface area (Å²) in [6, 6.07) is 50.8. The molecule has 2 heteroatoms. The Morgan fingerprint density at radius 1 is 0.422 bits per heavy atom. The first-order valence-electron chi connectivity index (χ1n) is 15.5. The maximum absolute atomic E-state index is 4.12. The summed E-state index contributed by atoms with van der Waals surface area (Å²) in [7, 11) is 0. The number of hydrogen-bond acceptors (Lipinski definition) is 0. The highest BCUT2D eigenvalue weighted by Gasteiger charge is 2.17. The highest BCUT2D eigenvalue weighted by Crippen LogP contribution is 2.39. The molecule has 2 nitrogen and oxygen atoms in total. The van der Waals surface area contributed by atoms with Crippen LogP contribution in [0, 0.1) is 0 Å². The van der Waals surface area contributed by atoms with Gasteiger partial charge in [-0.15, -0.1) is 0 Å². The van der Waals surface area contributed by atoms with E-state index in [1.165, 1.54) is 77.2 Å². The van der Waals surface area contributed by atoms with Crippen molar-refractivity contribution in [3.8, 4) is 22.5 Å². The molecule has 1 aliphatic rings. The number of nitrogens with zero attached hydrogens (tertiary/aromatic N) is 2. The molecule has 0 saturated carbocycles. The van der Waals surface area contributed by atoms with Crippen LogP contribution >= 0.6 is 0 Å². The zero-order valence-electron chi connectivity index (χ0n) is 24.8. The van der Waals surface area contributed by atoms with Crippen LogP contribution in [0.25, 0.3) is 71.7 Å². The normalized spacial score (nSPS) is 13.3. The lowest BCUT2D eigenvalue weighted by Crippen LogP contribution is -1.93. The fraction of sp³-hybridized carbons (Fsp3) is 0.0233. The average molecular weight is 575 g/mol. The Morgan fingerprint density at radius 3 is 1.44 bits per heavy atom. The van der Waals surface area contributed by atoms with Crippen LogP contribution < -0.4 is 0 Å². The van der Waals surface area contributed by atoms with Crippen molar-refractivity contribution in [2.45, 2.75) is 6.42 Å². The summed E-state index contributed by atoms with van der Waals surface area (Å²) in [6.45, 7) is 4.12. The minimum absolute atomic E-state index is 0.892. The molecule has 8 aromatic rings. The molecular weight excluding hydrogens is 544 g/mol. The van der Waals surface area contributed by atoms with Gasteiger partial charge in [-0.05, 0) is 95.4 Å². The van der Waals surface area contributed by atoms with Gasteiger partial charge in [-0.25, -0.2) is 0 Å². The molecule has 0 fully saturated rings. The Bertz CT molecular complexity index is 2500. The van der Waals surface area contributed by atoms with Gasteiger partial charge >= 0.3 is 0 Å². The smallest absolute Gasteiger partial charge is 0.0541 e. The molecule has 0 aliphatic heterocycles. The van der Waals surface area contributed by atoms with Gasteiger partial charge in [0.1, 0.15) is 0 Å². The van der Waals surface area contributed by atoms with Gasteiger partial charge in [0, 0.05) is 32.9 Å². The number of aromatic nitrogens is 2. The minimum atomic E-state index is 0.892. The summed E-state index contributed by atoms with van der Waals surface area (Å²) >= 11 is 0. The zero-order chi connectivity index (χ0) is 29.9. The maximum Gasteiger partial charge on any atom is 0.0541 e. The lowest BCUT2D eigenvalue weighted by atomic mass is 9.96. The molecule has 0 spiro atoms. The van der Waals surface area contributed by atoms with E-state index in [1.807, 2.05) is 0 Å². The number of rotatable bonds is 4. The number of para-hydroxylation sites is 3. The molecule has 2 aromatic heterocycles. The predicted octanol–water partition coefficient (Wildman–Crippen LogP) is 11.4. The van der Waals surface area contributed by atoms with E-state index >= 15 is 0 Å². The van der Waals surface area contributed by atoms with Gasteiger partial charge in [0.25, 0.3) is 0 Å². The predicted molar refractivity (Wildman–Crippen MR) is 191 cm³/mol. The molecule has 45 heavy (non-hydrogen) atoms. The third kappa shape index (κ3) is 4.11. The number of hydrogen-bond donors (Lipinski definition) is 0. The Morgan fingerprint density at radius 2 is 0.889 bits per heavy atom. The molecule has 9 rings (SSSR count). The topological polar surface area (TPSA) is 9.86 Å². The first-order valence-corrected chi connectivity index (χ1v) is 15.5. The van der Waals surface area contributed by atoms with Gasteiger partial charge in [0.05, 0.1) is 22.1 Å². The number of fused-ring (bicyclic) bond motifs is 6. The molecule has 1 aliphatic carbocycles. The molecule has 0 unspecified atom stereocenters. The minimum Gasteiger partial charge on any atom is -0.309 e. The average Bonchev–Trinajstić information content (AvgIpc) is 3.61. The Balaban J connectivity index is 1.26. The van der Waals surface area contributed by atoms with Crippen molar-refractivity contribution in [2.24, 2.45) is 0 Å². The third-order valence-corrected chi connectivity index (χ3v) is 9.22. The molecular formula is C43H30N2. The van der Waals surface area contributed by atoms with Crippen LogP contribution in [0.1, 0.15) is 12.0 Å². The second-order valence-corrected chi connectivity index (χ2v) is 11.9. The van der Waals surface area contributed by atoms with Gasteiger partial charge in [-0.1, -0.05) is 103 Å². The molecule has 0 bridgehead atoms. The molecule has 2 heterocycles. The van der Waals surface area contributed by atoms with E-state index in [2.05, 4.69) is 173 Å². The molecule has 0 atom stereocenters. The quantitative estimate of drug-likeness (QED) is 0.198. The van der Waals surface area contributed by atoms with Gasteiger partial charge < -0.3 is 9.13 Å². The van der Waals surface area contributed by atoms with Crippen molar-refractivity contribution in [1.82, 2.24) is 9.13 Å². The standard InChI is InChI=1S/C43H30N2/c1-29-16-18-30(19-17-29)31-20-23-42-38(26-31)39-28-33(22-25-43(39)45(42)35-12-6-3-7-13-35)32-21-24-41-37(27-32)36-14-8-9-15-40(36)44(41)34-10-4-2-5-11-34/h2-16,18-28H,1,17H2. The first kappa shape index (κ1) is 25.6. The van der Waals surface area contributed by atoms with Crippen LogP contribution in [0.2, 0.25) is 0 Å². The Hall–Kier alpha value is -5.86. The zero-order valence-corrected chi connectivity index (χ0v) is 24.8. The van der Waals surface area contributed by atoms with Crippen LogP contribution in [0.4, 0.5) is 0 Å². The van der Waals surface area contributed by atoms with Crippen LogP contribution in [0.15, 0.2) is 170 Å². The van der Waals surface area contributed by atoms with E-state index < -0.39 is 0 Å². The maximum atomic E-state index is 4.12. The Labute approximate surface area is 262 Å². The molecule has 6 aromatic carbocycles. The van der Waals surface area contributed by atoms with Crippen molar-refractivity contribution in [3.63, 3.8) is 0 Å². The molecule has 0 N–H and O–H groups in total. The SMILES string of the molecule is C=C1C=CC(c2ccc3c(c2)c2cc(-c4ccc5c(c4)c4ccccc4n5-c4ccccc4)ccc2n3-c2ccccc2)=CC1. The lowest BCUT2D eigenvalue weighted by molar-refractivity contribution is 1.18. The molecule has 212 valence electrons.